The van der Waals surface area contributed by atoms with E-state index >= 15 is 0 Å². The lowest BCUT2D eigenvalue weighted by Gasteiger charge is -2.28. The first kappa shape index (κ1) is 13.6. The summed E-state index contributed by atoms with van der Waals surface area (Å²) < 4.78 is 0. The zero-order valence-corrected chi connectivity index (χ0v) is 11.9. The minimum absolute atomic E-state index is 0.196. The molecule has 19 heavy (non-hydrogen) atoms. The highest BCUT2D eigenvalue weighted by Crippen LogP contribution is 2.29. The standard InChI is InChI=1S/C15H18ClN3/c1-10(11-4-3-5-12(16)8-11)19(2)13-6-7-14(17)15(18)9-13/h3-10H,17-18H2,1-2H3. The minimum atomic E-state index is 0.196. The molecule has 0 saturated heterocycles. The van der Waals surface area contributed by atoms with Gasteiger partial charge in [-0.15, -0.1) is 0 Å². The van der Waals surface area contributed by atoms with Gasteiger partial charge in [0.05, 0.1) is 17.4 Å². The van der Waals surface area contributed by atoms with Crippen LogP contribution in [0.15, 0.2) is 42.5 Å². The summed E-state index contributed by atoms with van der Waals surface area (Å²) in [6.45, 7) is 2.12. The Morgan fingerprint density at radius 2 is 1.79 bits per heavy atom. The molecule has 1 unspecified atom stereocenters. The van der Waals surface area contributed by atoms with Gasteiger partial charge in [0, 0.05) is 17.8 Å². The second-order valence-electron chi connectivity index (χ2n) is 4.66. The molecule has 0 aliphatic heterocycles. The summed E-state index contributed by atoms with van der Waals surface area (Å²) in [6.07, 6.45) is 0. The lowest BCUT2D eigenvalue weighted by Crippen LogP contribution is -2.21. The van der Waals surface area contributed by atoms with E-state index < -0.39 is 0 Å². The maximum Gasteiger partial charge on any atom is 0.0568 e. The Labute approximate surface area is 118 Å². The van der Waals surface area contributed by atoms with Crippen LogP contribution in [0, 0.1) is 0 Å². The predicted molar refractivity (Wildman–Crippen MR) is 83.5 cm³/mol. The fourth-order valence-corrected chi connectivity index (χ4v) is 2.19. The van der Waals surface area contributed by atoms with Crippen molar-refractivity contribution in [3.63, 3.8) is 0 Å². The van der Waals surface area contributed by atoms with Gasteiger partial charge in [-0.1, -0.05) is 23.7 Å². The van der Waals surface area contributed by atoms with E-state index in [1.807, 2.05) is 43.4 Å². The molecular formula is C15H18ClN3. The van der Waals surface area contributed by atoms with Crippen LogP contribution in [0.3, 0.4) is 0 Å². The number of benzene rings is 2. The number of nitrogen functional groups attached to an aromatic ring is 2. The number of halogens is 1. The smallest absolute Gasteiger partial charge is 0.0568 e. The van der Waals surface area contributed by atoms with Crippen LogP contribution in [-0.2, 0) is 0 Å². The zero-order valence-electron chi connectivity index (χ0n) is 11.1. The molecule has 0 fully saturated rings. The van der Waals surface area contributed by atoms with E-state index in [0.29, 0.717) is 11.4 Å². The number of nitrogens with two attached hydrogens (primary N) is 2. The lowest BCUT2D eigenvalue weighted by molar-refractivity contribution is 0.740. The summed E-state index contributed by atoms with van der Waals surface area (Å²) in [5, 5.41) is 0.745. The van der Waals surface area contributed by atoms with Crippen molar-refractivity contribution in [2.24, 2.45) is 0 Å². The van der Waals surface area contributed by atoms with Gasteiger partial charge in [-0.3, -0.25) is 0 Å². The molecule has 0 spiro atoms. The molecule has 0 bridgehead atoms. The number of hydrogen-bond acceptors (Lipinski definition) is 3. The molecule has 100 valence electrons. The molecule has 2 aromatic carbocycles. The van der Waals surface area contributed by atoms with Crippen molar-refractivity contribution in [2.75, 3.05) is 23.4 Å². The van der Waals surface area contributed by atoms with E-state index in [9.17, 15) is 0 Å². The van der Waals surface area contributed by atoms with E-state index in [2.05, 4.69) is 17.9 Å². The van der Waals surface area contributed by atoms with Crippen molar-refractivity contribution in [1.29, 1.82) is 0 Å². The number of nitrogens with zero attached hydrogens (tertiary/aromatic N) is 1. The first-order valence-corrected chi connectivity index (χ1v) is 6.50. The van der Waals surface area contributed by atoms with Gasteiger partial charge in [-0.05, 0) is 42.8 Å². The van der Waals surface area contributed by atoms with Gasteiger partial charge in [0.2, 0.25) is 0 Å². The largest absolute Gasteiger partial charge is 0.397 e. The SMILES string of the molecule is CC(c1cccc(Cl)c1)N(C)c1ccc(N)c(N)c1. The van der Waals surface area contributed by atoms with Crippen molar-refractivity contribution < 1.29 is 0 Å². The summed E-state index contributed by atoms with van der Waals surface area (Å²) in [5.41, 5.74) is 15.0. The van der Waals surface area contributed by atoms with Crippen LogP contribution in [-0.4, -0.2) is 7.05 Å². The van der Waals surface area contributed by atoms with Crippen LogP contribution in [0.25, 0.3) is 0 Å². The van der Waals surface area contributed by atoms with Crippen LogP contribution in [0.1, 0.15) is 18.5 Å². The first-order valence-electron chi connectivity index (χ1n) is 6.12. The summed E-state index contributed by atoms with van der Waals surface area (Å²) >= 11 is 6.03. The molecule has 0 aliphatic rings. The van der Waals surface area contributed by atoms with Crippen LogP contribution in [0.2, 0.25) is 5.02 Å². The van der Waals surface area contributed by atoms with E-state index in [1.54, 1.807) is 0 Å². The van der Waals surface area contributed by atoms with Gasteiger partial charge >= 0.3 is 0 Å². The number of anilines is 3. The van der Waals surface area contributed by atoms with Crippen LogP contribution in [0.4, 0.5) is 17.1 Å². The van der Waals surface area contributed by atoms with Gasteiger partial charge in [0.15, 0.2) is 0 Å². The fourth-order valence-electron chi connectivity index (χ4n) is 2.00. The molecule has 0 aromatic heterocycles. The Kier molecular flexibility index (Phi) is 3.86. The average Bonchev–Trinajstić information content (AvgIpc) is 2.40. The van der Waals surface area contributed by atoms with Gasteiger partial charge in [-0.25, -0.2) is 0 Å². The highest BCUT2D eigenvalue weighted by molar-refractivity contribution is 6.30. The number of hydrogen-bond donors (Lipinski definition) is 2. The first-order chi connectivity index (χ1) is 8.99. The maximum absolute atomic E-state index is 6.03. The monoisotopic (exact) mass is 275 g/mol. The normalized spacial score (nSPS) is 12.2. The average molecular weight is 276 g/mol. The zero-order chi connectivity index (χ0) is 14.0. The quantitative estimate of drug-likeness (QED) is 0.840. The summed E-state index contributed by atoms with van der Waals surface area (Å²) in [4.78, 5) is 2.14. The molecule has 0 saturated carbocycles. The predicted octanol–water partition coefficient (Wildman–Crippen LogP) is 3.70. The van der Waals surface area contributed by atoms with E-state index in [1.165, 1.54) is 0 Å². The van der Waals surface area contributed by atoms with E-state index in [4.69, 9.17) is 23.1 Å². The molecule has 3 nitrogen and oxygen atoms in total. The molecule has 1 atom stereocenters. The fraction of sp³-hybridized carbons (Fsp3) is 0.200. The van der Waals surface area contributed by atoms with E-state index in [0.717, 1.165) is 16.3 Å². The Hall–Kier alpha value is -1.87. The molecule has 2 aromatic rings. The Morgan fingerprint density at radius 1 is 1.05 bits per heavy atom. The molecule has 0 amide bonds. The topological polar surface area (TPSA) is 55.3 Å². The molecular weight excluding hydrogens is 258 g/mol. The van der Waals surface area contributed by atoms with Crippen LogP contribution < -0.4 is 16.4 Å². The maximum atomic E-state index is 6.03. The highest BCUT2D eigenvalue weighted by Gasteiger charge is 2.13. The van der Waals surface area contributed by atoms with Crippen molar-refractivity contribution in [3.05, 3.63) is 53.1 Å². The van der Waals surface area contributed by atoms with Crippen LogP contribution in [0.5, 0.6) is 0 Å². The lowest BCUT2D eigenvalue weighted by atomic mass is 10.1. The summed E-state index contributed by atoms with van der Waals surface area (Å²) in [7, 11) is 2.02. The Balaban J connectivity index is 2.27. The molecule has 0 aliphatic carbocycles. The van der Waals surface area contributed by atoms with E-state index in [-0.39, 0.29) is 6.04 Å². The summed E-state index contributed by atoms with van der Waals surface area (Å²) in [6, 6.07) is 13.7. The third-order valence-corrected chi connectivity index (χ3v) is 3.62. The van der Waals surface area contributed by atoms with Crippen molar-refractivity contribution in [3.8, 4) is 0 Å². The second kappa shape index (κ2) is 5.41. The number of rotatable bonds is 3. The van der Waals surface area contributed by atoms with Crippen molar-refractivity contribution in [1.82, 2.24) is 0 Å². The molecule has 0 heterocycles. The molecule has 0 radical (unpaired) electrons. The Morgan fingerprint density at radius 3 is 2.42 bits per heavy atom. The highest BCUT2D eigenvalue weighted by atomic mass is 35.5. The van der Waals surface area contributed by atoms with Gasteiger partial charge in [0.25, 0.3) is 0 Å². The molecule has 4 N–H and O–H groups in total. The van der Waals surface area contributed by atoms with Gasteiger partial charge in [0.1, 0.15) is 0 Å². The second-order valence-corrected chi connectivity index (χ2v) is 5.09. The third kappa shape index (κ3) is 2.93. The molecule has 4 heteroatoms. The Bertz CT molecular complexity index is 583. The van der Waals surface area contributed by atoms with Crippen molar-refractivity contribution >= 4 is 28.7 Å². The van der Waals surface area contributed by atoms with Crippen LogP contribution >= 0.6 is 11.6 Å². The van der Waals surface area contributed by atoms with Crippen molar-refractivity contribution in [2.45, 2.75) is 13.0 Å². The minimum Gasteiger partial charge on any atom is -0.397 e. The third-order valence-electron chi connectivity index (χ3n) is 3.39. The van der Waals surface area contributed by atoms with Gasteiger partial charge in [-0.2, -0.15) is 0 Å². The van der Waals surface area contributed by atoms with Gasteiger partial charge < -0.3 is 16.4 Å². The summed E-state index contributed by atoms with van der Waals surface area (Å²) in [5.74, 6) is 0. The molecule has 2 rings (SSSR count).